The highest BCUT2D eigenvalue weighted by molar-refractivity contribution is 7.19. The molecule has 2 unspecified atom stereocenters. The number of amides is 1. The second-order valence-electron chi connectivity index (χ2n) is 5.23. The van der Waals surface area contributed by atoms with Gasteiger partial charge in [0.15, 0.2) is 11.5 Å². The molecule has 2 N–H and O–H groups in total. The summed E-state index contributed by atoms with van der Waals surface area (Å²) in [5, 5.41) is 10.1. The lowest BCUT2D eigenvalue weighted by Crippen LogP contribution is -2.50. The number of hydrogen-bond acceptors (Lipinski definition) is 5. The van der Waals surface area contributed by atoms with Crippen molar-refractivity contribution in [1.29, 1.82) is 0 Å². The summed E-state index contributed by atoms with van der Waals surface area (Å²) in [6.07, 6.45) is 1.06. The van der Waals surface area contributed by atoms with Gasteiger partial charge in [-0.3, -0.25) is 4.79 Å². The largest absolute Gasteiger partial charge is 0.355 e. The van der Waals surface area contributed by atoms with Gasteiger partial charge in [0.05, 0.1) is 9.21 Å². The topological polar surface area (TPSA) is 67.2 Å². The molecule has 112 valence electrons. The van der Waals surface area contributed by atoms with E-state index >= 15 is 0 Å². The summed E-state index contributed by atoms with van der Waals surface area (Å²) in [5.74, 6) is 0.817. The zero-order valence-electron chi connectivity index (χ0n) is 11.6. The molecule has 0 aromatic carbocycles. The zero-order chi connectivity index (χ0) is 14.8. The van der Waals surface area contributed by atoms with E-state index in [2.05, 4.69) is 22.7 Å². The maximum atomic E-state index is 12.2. The van der Waals surface area contributed by atoms with Gasteiger partial charge in [-0.2, -0.15) is 0 Å². The van der Waals surface area contributed by atoms with Crippen molar-refractivity contribution in [2.75, 3.05) is 13.1 Å². The van der Waals surface area contributed by atoms with E-state index in [9.17, 15) is 4.79 Å². The minimum Gasteiger partial charge on any atom is -0.355 e. The highest BCUT2D eigenvalue weighted by Crippen LogP contribution is 2.31. The third-order valence-electron chi connectivity index (χ3n) is 3.70. The minimum atomic E-state index is -0.201. The van der Waals surface area contributed by atoms with Crippen LogP contribution in [0.4, 0.5) is 0 Å². The summed E-state index contributed by atoms with van der Waals surface area (Å²) in [6, 6.07) is 5.42. The first kappa shape index (κ1) is 14.6. The van der Waals surface area contributed by atoms with E-state index < -0.39 is 0 Å². The average Bonchev–Trinajstić information content (AvgIpc) is 3.10. The first-order valence-electron chi connectivity index (χ1n) is 6.87. The van der Waals surface area contributed by atoms with Gasteiger partial charge in [-0.15, -0.1) is 11.3 Å². The number of nitrogens with zero attached hydrogens (tertiary/aromatic N) is 1. The van der Waals surface area contributed by atoms with Gasteiger partial charge in [0.25, 0.3) is 5.91 Å². The predicted octanol–water partition coefficient (Wildman–Crippen LogP) is 2.78. The first-order chi connectivity index (χ1) is 10.1. The SMILES string of the molecule is CC1CCNCC1NC(=O)c1cc(-c2ccc(Cl)s2)on1. The molecule has 3 heterocycles. The van der Waals surface area contributed by atoms with Crippen LogP contribution in [0.3, 0.4) is 0 Å². The fraction of sp³-hybridized carbons (Fsp3) is 0.429. The van der Waals surface area contributed by atoms with Gasteiger partial charge in [-0.1, -0.05) is 23.7 Å². The van der Waals surface area contributed by atoms with E-state index in [-0.39, 0.29) is 11.9 Å². The molecule has 0 saturated carbocycles. The summed E-state index contributed by atoms with van der Waals surface area (Å²) in [6.45, 7) is 3.94. The molecule has 0 aliphatic carbocycles. The molecule has 0 bridgehead atoms. The van der Waals surface area contributed by atoms with Crippen LogP contribution in [0, 0.1) is 5.92 Å². The normalized spacial score (nSPS) is 22.2. The minimum absolute atomic E-state index is 0.127. The van der Waals surface area contributed by atoms with Crippen molar-refractivity contribution in [2.45, 2.75) is 19.4 Å². The van der Waals surface area contributed by atoms with Crippen LogP contribution in [0.5, 0.6) is 0 Å². The standard InChI is InChI=1S/C14H16ClN3O2S/c1-8-4-5-16-7-10(8)17-14(19)9-6-11(20-18-9)12-2-3-13(15)21-12/h2-3,6,8,10,16H,4-5,7H2,1H3,(H,17,19). The van der Waals surface area contributed by atoms with Crippen LogP contribution in [-0.4, -0.2) is 30.2 Å². The number of piperidine rings is 1. The Morgan fingerprint density at radius 1 is 1.57 bits per heavy atom. The van der Waals surface area contributed by atoms with Crippen molar-refractivity contribution in [2.24, 2.45) is 5.92 Å². The van der Waals surface area contributed by atoms with Crippen molar-refractivity contribution in [3.63, 3.8) is 0 Å². The van der Waals surface area contributed by atoms with Crippen LogP contribution in [-0.2, 0) is 0 Å². The van der Waals surface area contributed by atoms with E-state index in [0.29, 0.717) is 21.7 Å². The van der Waals surface area contributed by atoms with Crippen molar-refractivity contribution < 1.29 is 9.32 Å². The van der Waals surface area contributed by atoms with Gasteiger partial charge in [-0.05, 0) is 31.0 Å². The van der Waals surface area contributed by atoms with E-state index in [1.165, 1.54) is 11.3 Å². The Balaban J connectivity index is 1.69. The molecule has 1 amide bonds. The van der Waals surface area contributed by atoms with Crippen LogP contribution < -0.4 is 10.6 Å². The van der Waals surface area contributed by atoms with E-state index in [1.807, 2.05) is 6.07 Å². The Bertz CT molecular complexity index is 640. The van der Waals surface area contributed by atoms with Gasteiger partial charge in [0.2, 0.25) is 0 Å². The lowest BCUT2D eigenvalue weighted by Gasteiger charge is -2.29. The Morgan fingerprint density at radius 2 is 2.43 bits per heavy atom. The maximum Gasteiger partial charge on any atom is 0.273 e. The average molecular weight is 326 g/mol. The molecule has 2 atom stereocenters. The van der Waals surface area contributed by atoms with E-state index in [4.69, 9.17) is 16.1 Å². The van der Waals surface area contributed by atoms with Gasteiger partial charge in [0, 0.05) is 18.7 Å². The van der Waals surface area contributed by atoms with E-state index in [1.54, 1.807) is 12.1 Å². The van der Waals surface area contributed by atoms with Crippen LogP contribution in [0.15, 0.2) is 22.7 Å². The summed E-state index contributed by atoms with van der Waals surface area (Å²) in [4.78, 5) is 13.1. The molecule has 0 spiro atoms. The molecule has 3 rings (SSSR count). The molecule has 1 fully saturated rings. The fourth-order valence-electron chi connectivity index (χ4n) is 2.37. The molecule has 7 heteroatoms. The van der Waals surface area contributed by atoms with E-state index in [0.717, 1.165) is 24.4 Å². The third kappa shape index (κ3) is 3.28. The maximum absolute atomic E-state index is 12.2. The molecule has 0 radical (unpaired) electrons. The number of rotatable bonds is 3. The Labute approximate surface area is 131 Å². The highest BCUT2D eigenvalue weighted by Gasteiger charge is 2.24. The lowest BCUT2D eigenvalue weighted by molar-refractivity contribution is 0.0906. The molecular weight excluding hydrogens is 310 g/mol. The van der Waals surface area contributed by atoms with Crippen molar-refractivity contribution in [3.05, 3.63) is 28.2 Å². The van der Waals surface area contributed by atoms with Crippen molar-refractivity contribution >= 4 is 28.8 Å². The molecule has 21 heavy (non-hydrogen) atoms. The Morgan fingerprint density at radius 3 is 3.14 bits per heavy atom. The molecule has 2 aromatic rings. The van der Waals surface area contributed by atoms with Gasteiger partial charge in [-0.25, -0.2) is 0 Å². The second kappa shape index (κ2) is 6.17. The predicted molar refractivity (Wildman–Crippen MR) is 82.7 cm³/mol. The Hall–Kier alpha value is -1.37. The molecule has 2 aromatic heterocycles. The number of nitrogens with one attached hydrogen (secondary N) is 2. The van der Waals surface area contributed by atoms with Crippen LogP contribution in [0.25, 0.3) is 10.6 Å². The summed E-state index contributed by atoms with van der Waals surface area (Å²) < 4.78 is 5.90. The second-order valence-corrected chi connectivity index (χ2v) is 6.95. The van der Waals surface area contributed by atoms with Crippen molar-refractivity contribution in [3.8, 4) is 10.6 Å². The van der Waals surface area contributed by atoms with Gasteiger partial charge in [0.1, 0.15) is 0 Å². The summed E-state index contributed by atoms with van der Waals surface area (Å²) >= 11 is 7.29. The zero-order valence-corrected chi connectivity index (χ0v) is 13.1. The quantitative estimate of drug-likeness (QED) is 0.910. The van der Waals surface area contributed by atoms with Crippen molar-refractivity contribution in [1.82, 2.24) is 15.8 Å². The first-order valence-corrected chi connectivity index (χ1v) is 8.07. The summed E-state index contributed by atoms with van der Waals surface area (Å²) in [7, 11) is 0. The number of carbonyl (C=O) groups excluding carboxylic acids is 1. The third-order valence-corrected chi connectivity index (χ3v) is 4.95. The van der Waals surface area contributed by atoms with Crippen LogP contribution >= 0.6 is 22.9 Å². The lowest BCUT2D eigenvalue weighted by atomic mass is 9.95. The molecule has 1 aliphatic heterocycles. The number of halogens is 1. The van der Waals surface area contributed by atoms with Crippen LogP contribution in [0.2, 0.25) is 4.34 Å². The molecule has 1 aliphatic rings. The smallest absolute Gasteiger partial charge is 0.273 e. The number of carbonyl (C=O) groups is 1. The van der Waals surface area contributed by atoms with Gasteiger partial charge >= 0.3 is 0 Å². The molecule has 5 nitrogen and oxygen atoms in total. The Kier molecular flexibility index (Phi) is 4.28. The van der Waals surface area contributed by atoms with Crippen LogP contribution in [0.1, 0.15) is 23.8 Å². The molecule has 1 saturated heterocycles. The number of thiophene rings is 1. The number of aromatic nitrogens is 1. The monoisotopic (exact) mass is 325 g/mol. The molecular formula is C14H16ClN3O2S. The summed E-state index contributed by atoms with van der Waals surface area (Å²) in [5.41, 5.74) is 0.298. The highest BCUT2D eigenvalue weighted by atomic mass is 35.5. The van der Waals surface area contributed by atoms with Gasteiger partial charge < -0.3 is 15.2 Å². The number of hydrogen-bond donors (Lipinski definition) is 2. The fourth-order valence-corrected chi connectivity index (χ4v) is 3.36.